The first-order valence-electron chi connectivity index (χ1n) is 10.3. The Hall–Kier alpha value is -3.68. The quantitative estimate of drug-likeness (QED) is 0.338. The number of benzene rings is 3. The molecule has 0 saturated heterocycles. The van der Waals surface area contributed by atoms with Gasteiger partial charge in [0.1, 0.15) is 24.7 Å². The van der Waals surface area contributed by atoms with Gasteiger partial charge in [-0.05, 0) is 53.1 Å². The maximum Gasteiger partial charge on any atom is 0.440 e. The van der Waals surface area contributed by atoms with E-state index in [1.807, 2.05) is 41.4 Å². The first kappa shape index (κ1) is 23.5. The fourth-order valence-electron chi connectivity index (χ4n) is 3.07. The number of allylic oxidation sites excluding steroid dienone is 1. The van der Waals surface area contributed by atoms with Crippen LogP contribution >= 0.6 is 23.2 Å². The predicted octanol–water partition coefficient (Wildman–Crippen LogP) is 5.31. The van der Waals surface area contributed by atoms with Gasteiger partial charge in [-0.15, -0.1) is 4.74 Å². The van der Waals surface area contributed by atoms with Gasteiger partial charge in [0.25, 0.3) is 0 Å². The van der Waals surface area contributed by atoms with Crippen LogP contribution in [-0.2, 0) is 19.8 Å². The van der Waals surface area contributed by atoms with Crippen LogP contribution in [0.25, 0.3) is 6.08 Å². The summed E-state index contributed by atoms with van der Waals surface area (Å²) in [6.45, 7) is 0.796. The number of H-pyrrole nitrogens is 1. The lowest BCUT2D eigenvalue weighted by molar-refractivity contribution is 0.261. The molecule has 0 aliphatic carbocycles. The highest BCUT2D eigenvalue weighted by Gasteiger charge is 2.05. The molecule has 0 saturated carbocycles. The molecule has 174 valence electrons. The second-order valence-corrected chi connectivity index (χ2v) is 8.21. The first-order valence-corrected chi connectivity index (χ1v) is 11.1. The number of aromatic amines is 1. The van der Waals surface area contributed by atoms with E-state index in [0.29, 0.717) is 34.8 Å². The molecule has 7 nitrogen and oxygen atoms in total. The van der Waals surface area contributed by atoms with Crippen molar-refractivity contribution in [1.82, 2.24) is 9.72 Å². The second kappa shape index (κ2) is 11.0. The number of ether oxygens (including phenoxy) is 2. The molecule has 0 bridgehead atoms. The molecule has 0 unspecified atom stereocenters. The van der Waals surface area contributed by atoms with Gasteiger partial charge in [-0.1, -0.05) is 59.6 Å². The van der Waals surface area contributed by atoms with E-state index in [9.17, 15) is 9.59 Å². The van der Waals surface area contributed by atoms with Crippen LogP contribution < -0.4 is 20.9 Å². The first-order chi connectivity index (χ1) is 16.4. The van der Waals surface area contributed by atoms with Crippen molar-refractivity contribution in [1.29, 1.82) is 0 Å². The molecule has 1 heterocycles. The number of nitrogens with zero attached hydrogens (tertiary/aromatic N) is 1. The Bertz CT molecular complexity index is 1320. The third kappa shape index (κ3) is 6.66. The van der Waals surface area contributed by atoms with Crippen molar-refractivity contribution in [3.63, 3.8) is 0 Å². The number of halogens is 2. The van der Waals surface area contributed by atoms with Gasteiger partial charge in [-0.25, -0.2) is 14.6 Å². The monoisotopic (exact) mass is 498 g/mol. The molecule has 4 rings (SSSR count). The van der Waals surface area contributed by atoms with Crippen LogP contribution in [0.15, 0.2) is 86.9 Å². The van der Waals surface area contributed by atoms with Gasteiger partial charge >= 0.3 is 11.4 Å². The van der Waals surface area contributed by atoms with Crippen molar-refractivity contribution in [2.45, 2.75) is 19.8 Å². The van der Waals surface area contributed by atoms with E-state index in [1.54, 1.807) is 42.5 Å². The molecular weight excluding hydrogens is 479 g/mol. The van der Waals surface area contributed by atoms with E-state index >= 15 is 0 Å². The third-order valence-electron chi connectivity index (χ3n) is 4.75. The lowest BCUT2D eigenvalue weighted by Gasteiger charge is -2.12. The van der Waals surface area contributed by atoms with E-state index in [1.165, 1.54) is 0 Å². The van der Waals surface area contributed by atoms with Gasteiger partial charge in [0.05, 0.1) is 6.54 Å². The van der Waals surface area contributed by atoms with Crippen LogP contribution in [0, 0.1) is 0 Å². The number of nitrogens with one attached hydrogen (secondary N) is 1. The standard InChI is InChI=1S/C25H20Cl2N2O5/c26-20-7-3-17(4-8-20)15-32-22-12-19(2-1-11-29-24(30)28-25(31)34-29)13-23(14-22)33-16-18-5-9-21(27)10-6-18/h1-10,12-14H,11,15-16H2,(H,28,30,31)/b2-1+. The molecule has 0 fully saturated rings. The normalized spacial score (nSPS) is 11.1. The minimum atomic E-state index is -0.797. The van der Waals surface area contributed by atoms with Crippen LogP contribution in [0.1, 0.15) is 16.7 Å². The largest absolute Gasteiger partial charge is 0.489 e. The van der Waals surface area contributed by atoms with Crippen LogP contribution in [0.4, 0.5) is 0 Å². The van der Waals surface area contributed by atoms with E-state index in [-0.39, 0.29) is 6.54 Å². The molecule has 1 aromatic heterocycles. The van der Waals surface area contributed by atoms with Gasteiger partial charge in [0.15, 0.2) is 0 Å². The molecule has 1 N–H and O–H groups in total. The number of aromatic nitrogens is 2. The van der Waals surface area contributed by atoms with Crippen molar-refractivity contribution >= 4 is 29.3 Å². The third-order valence-corrected chi connectivity index (χ3v) is 5.25. The van der Waals surface area contributed by atoms with Gasteiger partial charge in [-0.2, -0.15) is 0 Å². The van der Waals surface area contributed by atoms with E-state index < -0.39 is 11.4 Å². The molecule has 4 aromatic rings. The summed E-state index contributed by atoms with van der Waals surface area (Å²) >= 11 is 11.9. The maximum absolute atomic E-state index is 11.6. The summed E-state index contributed by atoms with van der Waals surface area (Å²) in [5, 5.41) is 1.32. The smallest absolute Gasteiger partial charge is 0.440 e. The van der Waals surface area contributed by atoms with Gasteiger partial charge in [0.2, 0.25) is 0 Å². The van der Waals surface area contributed by atoms with Crippen molar-refractivity contribution in [2.24, 2.45) is 0 Å². The summed E-state index contributed by atoms with van der Waals surface area (Å²) in [4.78, 5) is 24.8. The molecule has 34 heavy (non-hydrogen) atoms. The van der Waals surface area contributed by atoms with Gasteiger partial charge in [0, 0.05) is 16.1 Å². The SMILES string of the molecule is O=c1[nH]c(=O)n(C/C=C/c2cc(OCc3ccc(Cl)cc3)cc(OCc3ccc(Cl)cc3)c2)o1. The molecule has 0 amide bonds. The highest BCUT2D eigenvalue weighted by molar-refractivity contribution is 6.30. The second-order valence-electron chi connectivity index (χ2n) is 7.34. The molecule has 9 heteroatoms. The fourth-order valence-corrected chi connectivity index (χ4v) is 3.32. The van der Waals surface area contributed by atoms with E-state index in [4.69, 9.17) is 37.2 Å². The Morgan fingerprint density at radius 3 is 1.82 bits per heavy atom. The molecule has 0 aliphatic rings. The zero-order valence-corrected chi connectivity index (χ0v) is 19.4. The molecular formula is C25H20Cl2N2O5. The fraction of sp³-hybridized carbons (Fsp3) is 0.120. The summed E-state index contributed by atoms with van der Waals surface area (Å²) in [5.41, 5.74) is 2.11. The van der Waals surface area contributed by atoms with Crippen molar-refractivity contribution < 1.29 is 14.0 Å². The zero-order chi connectivity index (χ0) is 23.9. The molecule has 3 aromatic carbocycles. The van der Waals surface area contributed by atoms with E-state index in [0.717, 1.165) is 21.4 Å². The number of hydrogen-bond acceptors (Lipinski definition) is 5. The zero-order valence-electron chi connectivity index (χ0n) is 17.9. The van der Waals surface area contributed by atoms with Crippen LogP contribution in [0.2, 0.25) is 10.0 Å². The van der Waals surface area contributed by atoms with Crippen molar-refractivity contribution in [3.8, 4) is 11.5 Å². The molecule has 0 spiro atoms. The van der Waals surface area contributed by atoms with Crippen molar-refractivity contribution in [3.05, 3.63) is 121 Å². The Morgan fingerprint density at radius 2 is 1.35 bits per heavy atom. The maximum atomic E-state index is 11.6. The molecule has 0 radical (unpaired) electrons. The Balaban J connectivity index is 1.51. The van der Waals surface area contributed by atoms with Gasteiger partial charge < -0.3 is 14.0 Å². The molecule has 0 atom stereocenters. The predicted molar refractivity (Wildman–Crippen MR) is 131 cm³/mol. The van der Waals surface area contributed by atoms with Crippen LogP contribution in [-0.4, -0.2) is 9.72 Å². The lowest BCUT2D eigenvalue weighted by atomic mass is 10.1. The summed E-state index contributed by atoms with van der Waals surface area (Å²) in [6, 6.07) is 20.3. The Morgan fingerprint density at radius 1 is 0.824 bits per heavy atom. The summed E-state index contributed by atoms with van der Waals surface area (Å²) in [5.74, 6) is 0.413. The average molecular weight is 499 g/mol. The summed E-state index contributed by atoms with van der Waals surface area (Å²) in [7, 11) is 0. The van der Waals surface area contributed by atoms with E-state index in [2.05, 4.69) is 0 Å². The minimum absolute atomic E-state index is 0.0917. The summed E-state index contributed by atoms with van der Waals surface area (Å²) < 4.78 is 17.6. The highest BCUT2D eigenvalue weighted by atomic mass is 35.5. The molecule has 0 aliphatic heterocycles. The number of rotatable bonds is 9. The topological polar surface area (TPSA) is 86.5 Å². The Kier molecular flexibility index (Phi) is 7.57. The highest BCUT2D eigenvalue weighted by Crippen LogP contribution is 2.26. The van der Waals surface area contributed by atoms with Gasteiger partial charge in [-0.3, -0.25) is 0 Å². The minimum Gasteiger partial charge on any atom is -0.489 e. The summed E-state index contributed by atoms with van der Waals surface area (Å²) in [6.07, 6.45) is 3.48. The van der Waals surface area contributed by atoms with Crippen LogP contribution in [0.5, 0.6) is 11.5 Å². The lowest BCUT2D eigenvalue weighted by Crippen LogP contribution is -2.15. The van der Waals surface area contributed by atoms with Crippen LogP contribution in [0.3, 0.4) is 0 Å². The van der Waals surface area contributed by atoms with Crippen molar-refractivity contribution in [2.75, 3.05) is 0 Å². The number of hydrogen-bond donors (Lipinski definition) is 1. The average Bonchev–Trinajstić information content (AvgIpc) is 3.15. The Labute approximate surface area is 204 Å².